The molecule has 2 atom stereocenters. The molecule has 2 amide bonds. The minimum Gasteiger partial charge on any atom is -0.494 e. The number of halogens is 1. The monoisotopic (exact) mass is 452 g/mol. The topological polar surface area (TPSA) is 113 Å². The minimum atomic E-state index is -0.913. The summed E-state index contributed by atoms with van der Waals surface area (Å²) in [4.78, 5) is 31.4. The van der Waals surface area contributed by atoms with Gasteiger partial charge in [-0.15, -0.1) is 0 Å². The molecule has 0 aliphatic carbocycles. The molecule has 0 bridgehead atoms. The second-order valence-corrected chi connectivity index (χ2v) is 7.59. The molecule has 10 nitrogen and oxygen atoms in total. The summed E-state index contributed by atoms with van der Waals surface area (Å²) in [5, 5.41) is 13.9. The molecule has 0 spiro atoms. The fourth-order valence-corrected chi connectivity index (χ4v) is 3.86. The number of anilines is 1. The van der Waals surface area contributed by atoms with E-state index in [-0.39, 0.29) is 12.4 Å². The second-order valence-electron chi connectivity index (χ2n) is 7.15. The first kappa shape index (κ1) is 20.1. The average Bonchev–Trinajstić information content (AvgIpc) is 3.48. The van der Waals surface area contributed by atoms with Crippen LogP contribution in [0.25, 0.3) is 11.4 Å². The first-order valence-corrected chi connectivity index (χ1v) is 10.3. The van der Waals surface area contributed by atoms with Crippen LogP contribution >= 0.6 is 11.6 Å². The average molecular weight is 453 g/mol. The highest BCUT2D eigenvalue weighted by Crippen LogP contribution is 2.33. The third-order valence-electron chi connectivity index (χ3n) is 5.11. The highest BCUT2D eigenvalue weighted by Gasteiger charge is 2.55. The molecule has 32 heavy (non-hydrogen) atoms. The van der Waals surface area contributed by atoms with Gasteiger partial charge in [0.1, 0.15) is 12.3 Å². The number of rotatable bonds is 6. The van der Waals surface area contributed by atoms with Gasteiger partial charge in [-0.05, 0) is 43.3 Å². The SMILES string of the molecule is CCOc1ccc(N2C(=O)[C@@H]3[C@@H](N=NN3Cc3nc(-c4cccc(Cl)c4)no3)C2=O)cc1. The van der Waals surface area contributed by atoms with Crippen molar-refractivity contribution in [2.24, 2.45) is 10.3 Å². The Morgan fingerprint density at radius 3 is 2.69 bits per heavy atom. The second kappa shape index (κ2) is 8.04. The lowest BCUT2D eigenvalue weighted by Crippen LogP contribution is -2.39. The van der Waals surface area contributed by atoms with E-state index in [1.807, 2.05) is 6.92 Å². The molecule has 5 rings (SSSR count). The highest BCUT2D eigenvalue weighted by molar-refractivity contribution is 6.30. The van der Waals surface area contributed by atoms with Crippen molar-refractivity contribution in [3.8, 4) is 17.1 Å². The number of nitrogens with zero attached hydrogens (tertiary/aromatic N) is 6. The van der Waals surface area contributed by atoms with E-state index in [0.29, 0.717) is 34.5 Å². The van der Waals surface area contributed by atoms with Crippen LogP contribution in [0.4, 0.5) is 5.69 Å². The van der Waals surface area contributed by atoms with Crippen LogP contribution in [0.2, 0.25) is 5.02 Å². The minimum absolute atomic E-state index is 0.0361. The molecule has 11 heteroatoms. The lowest BCUT2D eigenvalue weighted by atomic mass is 10.1. The summed E-state index contributed by atoms with van der Waals surface area (Å²) in [6, 6.07) is 12.0. The van der Waals surface area contributed by atoms with Crippen molar-refractivity contribution >= 4 is 29.1 Å². The van der Waals surface area contributed by atoms with E-state index in [9.17, 15) is 9.59 Å². The number of benzene rings is 2. The molecule has 2 aromatic carbocycles. The Morgan fingerprint density at radius 1 is 1.12 bits per heavy atom. The van der Waals surface area contributed by atoms with Gasteiger partial charge >= 0.3 is 0 Å². The van der Waals surface area contributed by atoms with E-state index in [4.69, 9.17) is 20.9 Å². The van der Waals surface area contributed by atoms with Crippen LogP contribution in [-0.2, 0) is 16.1 Å². The molecule has 1 aromatic heterocycles. The molecule has 1 saturated heterocycles. The predicted molar refractivity (Wildman–Crippen MR) is 113 cm³/mol. The first-order valence-electron chi connectivity index (χ1n) is 9.92. The molecular weight excluding hydrogens is 436 g/mol. The van der Waals surface area contributed by atoms with Crippen LogP contribution in [0, 0.1) is 0 Å². The van der Waals surface area contributed by atoms with Crippen molar-refractivity contribution in [1.82, 2.24) is 15.1 Å². The van der Waals surface area contributed by atoms with E-state index in [1.165, 1.54) is 5.01 Å². The number of fused-ring (bicyclic) bond motifs is 1. The van der Waals surface area contributed by atoms with Gasteiger partial charge in [0.25, 0.3) is 11.8 Å². The Morgan fingerprint density at radius 2 is 1.94 bits per heavy atom. The zero-order valence-electron chi connectivity index (χ0n) is 16.9. The van der Waals surface area contributed by atoms with Gasteiger partial charge < -0.3 is 9.26 Å². The fourth-order valence-electron chi connectivity index (χ4n) is 3.67. The predicted octanol–water partition coefficient (Wildman–Crippen LogP) is 3.28. The maximum atomic E-state index is 13.1. The molecule has 2 aliphatic heterocycles. The lowest BCUT2D eigenvalue weighted by Gasteiger charge is -2.19. The van der Waals surface area contributed by atoms with Crippen molar-refractivity contribution < 1.29 is 18.8 Å². The van der Waals surface area contributed by atoms with Crippen LogP contribution < -0.4 is 9.64 Å². The highest BCUT2D eigenvalue weighted by atomic mass is 35.5. The Bertz CT molecular complexity index is 1210. The number of amides is 2. The summed E-state index contributed by atoms with van der Waals surface area (Å²) >= 11 is 6.02. The van der Waals surface area contributed by atoms with Crippen LogP contribution in [0.3, 0.4) is 0 Å². The maximum Gasteiger partial charge on any atom is 0.263 e. The van der Waals surface area contributed by atoms with Gasteiger partial charge in [-0.1, -0.05) is 34.1 Å². The summed E-state index contributed by atoms with van der Waals surface area (Å²) in [6.07, 6.45) is 0. The number of hydrogen-bond acceptors (Lipinski definition) is 9. The van der Waals surface area contributed by atoms with Gasteiger partial charge in [0.05, 0.1) is 12.3 Å². The van der Waals surface area contributed by atoms with Crippen LogP contribution in [0.15, 0.2) is 63.4 Å². The van der Waals surface area contributed by atoms with Crippen molar-refractivity contribution in [1.29, 1.82) is 0 Å². The van der Waals surface area contributed by atoms with Crippen LogP contribution in [-0.4, -0.2) is 45.7 Å². The number of carbonyl (C=O) groups is 2. The van der Waals surface area contributed by atoms with Gasteiger partial charge in [-0.2, -0.15) is 10.1 Å². The third-order valence-corrected chi connectivity index (χ3v) is 5.35. The summed E-state index contributed by atoms with van der Waals surface area (Å²) < 4.78 is 10.7. The number of imide groups is 1. The lowest BCUT2D eigenvalue weighted by molar-refractivity contribution is -0.123. The third kappa shape index (κ3) is 3.48. The van der Waals surface area contributed by atoms with E-state index in [2.05, 4.69) is 20.5 Å². The Kier molecular flexibility index (Phi) is 5.06. The van der Waals surface area contributed by atoms with Crippen molar-refractivity contribution in [3.05, 3.63) is 59.4 Å². The normalized spacial score (nSPS) is 19.7. The van der Waals surface area contributed by atoms with E-state index >= 15 is 0 Å². The maximum absolute atomic E-state index is 13.1. The van der Waals surface area contributed by atoms with Gasteiger partial charge in [-0.25, -0.2) is 4.90 Å². The standard InChI is InChI=1S/C21H17ClN6O4/c1-2-31-15-8-6-14(7-9-15)28-20(29)17-18(21(28)30)27(26-24-17)11-16-23-19(25-32-16)12-4-3-5-13(22)10-12/h3-10,17-18H,2,11H2,1H3/t17-,18+/m1/s1. The number of aromatic nitrogens is 2. The Labute approximate surface area is 187 Å². The number of carbonyl (C=O) groups excluding carboxylic acids is 2. The van der Waals surface area contributed by atoms with Crippen molar-refractivity contribution in [2.75, 3.05) is 11.5 Å². The zero-order valence-corrected chi connectivity index (χ0v) is 17.6. The molecule has 0 N–H and O–H groups in total. The molecule has 0 unspecified atom stereocenters. The zero-order chi connectivity index (χ0) is 22.2. The van der Waals surface area contributed by atoms with E-state index in [0.717, 1.165) is 4.90 Å². The largest absolute Gasteiger partial charge is 0.494 e. The van der Waals surface area contributed by atoms with E-state index in [1.54, 1.807) is 48.5 Å². The fraction of sp³-hybridized carbons (Fsp3) is 0.238. The van der Waals surface area contributed by atoms with Crippen LogP contribution in [0.1, 0.15) is 12.8 Å². The van der Waals surface area contributed by atoms with Gasteiger partial charge in [0.2, 0.25) is 11.7 Å². The van der Waals surface area contributed by atoms with Gasteiger partial charge in [0, 0.05) is 10.6 Å². The molecule has 3 aromatic rings. The molecular formula is C21H17ClN6O4. The molecule has 1 fully saturated rings. The number of hydrogen-bond donors (Lipinski definition) is 0. The summed E-state index contributed by atoms with van der Waals surface area (Å²) in [7, 11) is 0. The Hall–Kier alpha value is -3.79. The van der Waals surface area contributed by atoms with Gasteiger partial charge in [0.15, 0.2) is 12.1 Å². The molecule has 162 valence electrons. The summed E-state index contributed by atoms with van der Waals surface area (Å²) in [6.45, 7) is 2.44. The summed E-state index contributed by atoms with van der Waals surface area (Å²) in [5.41, 5.74) is 1.15. The van der Waals surface area contributed by atoms with Crippen molar-refractivity contribution in [2.45, 2.75) is 25.6 Å². The molecule has 2 aliphatic rings. The quantitative estimate of drug-likeness (QED) is 0.527. The first-order chi connectivity index (χ1) is 15.5. The molecule has 0 radical (unpaired) electrons. The number of ether oxygens (including phenoxy) is 1. The van der Waals surface area contributed by atoms with E-state index < -0.39 is 23.9 Å². The van der Waals surface area contributed by atoms with Gasteiger partial charge in [-0.3, -0.25) is 14.6 Å². The molecule has 3 heterocycles. The van der Waals surface area contributed by atoms with Crippen LogP contribution in [0.5, 0.6) is 5.75 Å². The summed E-state index contributed by atoms with van der Waals surface area (Å²) in [5.74, 6) is 0.410. The molecule has 0 saturated carbocycles. The smallest absolute Gasteiger partial charge is 0.263 e. The Balaban J connectivity index is 1.34. The van der Waals surface area contributed by atoms with Crippen molar-refractivity contribution in [3.63, 3.8) is 0 Å².